The Bertz CT molecular complexity index is 837. The smallest absolute Gasteiger partial charge is 0.303 e. The highest BCUT2D eigenvalue weighted by Gasteiger charge is 1.98. The Balaban J connectivity index is -0.000000120. The fraction of sp³-hybridized carbons (Fsp3) is 0.854. The molecule has 62 heavy (non-hydrogen) atoms. The minimum atomic E-state index is -0.745. The van der Waals surface area contributed by atoms with Crippen LogP contribution in [0.5, 0.6) is 0 Å². The van der Waals surface area contributed by atoms with Crippen molar-refractivity contribution in [3.05, 3.63) is 0 Å². The van der Waals surface area contributed by atoms with Gasteiger partial charge in [-0.1, -0.05) is 203 Å². The number of carboxylic acids is 7. The molecule has 0 saturated carbocycles. The standard InChI is InChI=1S/3C12H24O2.4C3H6O2/c3*1-2-3-4-5-6-7-8-9-10-11-12(13)14;4*1-2-3(4)5/h3*2-11H2,1H3,(H,13,14);4*2H2,1H3,(H,4,5). The summed E-state index contributed by atoms with van der Waals surface area (Å²) in [5, 5.41) is 56.1. The van der Waals surface area contributed by atoms with Crippen molar-refractivity contribution in [2.45, 2.75) is 267 Å². The Labute approximate surface area is 377 Å². The predicted octanol–water partition coefficient (Wildman–Crippen LogP) is 13.9. The van der Waals surface area contributed by atoms with Crippen molar-refractivity contribution in [2.75, 3.05) is 0 Å². The van der Waals surface area contributed by atoms with Crippen LogP contribution < -0.4 is 0 Å². The summed E-state index contributed by atoms with van der Waals surface area (Å²) in [5.74, 6) is -4.96. The van der Waals surface area contributed by atoms with Crippen LogP contribution in [0.2, 0.25) is 0 Å². The van der Waals surface area contributed by atoms with E-state index in [9.17, 15) is 33.6 Å². The van der Waals surface area contributed by atoms with Gasteiger partial charge in [-0.2, -0.15) is 0 Å². The van der Waals surface area contributed by atoms with E-state index in [1.807, 2.05) is 0 Å². The average Bonchev–Trinajstić information content (AvgIpc) is 3.22. The van der Waals surface area contributed by atoms with Gasteiger partial charge < -0.3 is 35.7 Å². The predicted molar refractivity (Wildman–Crippen MR) is 250 cm³/mol. The molecule has 14 nitrogen and oxygen atoms in total. The van der Waals surface area contributed by atoms with Crippen LogP contribution in [0.15, 0.2) is 0 Å². The Kier molecular flexibility index (Phi) is 80.9. The van der Waals surface area contributed by atoms with Crippen molar-refractivity contribution in [2.24, 2.45) is 0 Å². The summed E-state index contributed by atoms with van der Waals surface area (Å²) in [6, 6.07) is 0. The second-order valence-corrected chi connectivity index (χ2v) is 14.9. The first kappa shape index (κ1) is 72.7. The third-order valence-electron chi connectivity index (χ3n) is 8.69. The molecular formula is C48H96O14. The molecule has 0 amide bonds. The molecule has 0 unspecified atom stereocenters. The molecule has 0 saturated heterocycles. The first-order valence-electron chi connectivity index (χ1n) is 23.9. The van der Waals surface area contributed by atoms with E-state index in [0.29, 0.717) is 19.3 Å². The summed E-state index contributed by atoms with van der Waals surface area (Å²) in [6.07, 6.45) is 35.3. The summed E-state index contributed by atoms with van der Waals surface area (Å²) in [7, 11) is 0. The van der Waals surface area contributed by atoms with E-state index in [1.165, 1.54) is 135 Å². The van der Waals surface area contributed by atoms with Crippen LogP contribution in [-0.2, 0) is 33.6 Å². The quantitative estimate of drug-likeness (QED) is 0.0296. The van der Waals surface area contributed by atoms with E-state index < -0.39 is 41.8 Å². The van der Waals surface area contributed by atoms with Crippen molar-refractivity contribution in [1.82, 2.24) is 0 Å². The van der Waals surface area contributed by atoms with Gasteiger partial charge >= 0.3 is 41.8 Å². The van der Waals surface area contributed by atoms with E-state index in [-0.39, 0.29) is 25.7 Å². The van der Waals surface area contributed by atoms with Gasteiger partial charge in [0.25, 0.3) is 0 Å². The van der Waals surface area contributed by atoms with Crippen LogP contribution in [0.3, 0.4) is 0 Å². The van der Waals surface area contributed by atoms with E-state index in [1.54, 1.807) is 27.7 Å². The monoisotopic (exact) mass is 897 g/mol. The summed E-state index contributed by atoms with van der Waals surface area (Å²) >= 11 is 0. The number of carbonyl (C=O) groups is 7. The van der Waals surface area contributed by atoms with Crippen LogP contribution in [0, 0.1) is 0 Å². The highest BCUT2D eigenvalue weighted by Crippen LogP contribution is 2.12. The molecular weight excluding hydrogens is 801 g/mol. The van der Waals surface area contributed by atoms with E-state index >= 15 is 0 Å². The lowest BCUT2D eigenvalue weighted by Gasteiger charge is -2.00. The number of unbranched alkanes of at least 4 members (excludes halogenated alkanes) is 24. The molecule has 372 valence electrons. The van der Waals surface area contributed by atoms with Crippen molar-refractivity contribution >= 4 is 41.8 Å². The second-order valence-electron chi connectivity index (χ2n) is 14.9. The van der Waals surface area contributed by atoms with Crippen molar-refractivity contribution < 1.29 is 69.3 Å². The Morgan fingerprint density at radius 3 is 0.419 bits per heavy atom. The van der Waals surface area contributed by atoms with Crippen LogP contribution in [-0.4, -0.2) is 77.5 Å². The van der Waals surface area contributed by atoms with Crippen LogP contribution in [0.4, 0.5) is 0 Å². The van der Waals surface area contributed by atoms with Crippen molar-refractivity contribution in [3.8, 4) is 0 Å². The molecule has 0 bridgehead atoms. The molecule has 0 aromatic heterocycles. The minimum absolute atomic E-state index is 0.222. The van der Waals surface area contributed by atoms with Gasteiger partial charge in [0.05, 0.1) is 0 Å². The molecule has 0 heterocycles. The summed E-state index contributed by atoms with van der Waals surface area (Å²) in [4.78, 5) is 68.1. The van der Waals surface area contributed by atoms with Crippen LogP contribution in [0.25, 0.3) is 0 Å². The van der Waals surface area contributed by atoms with Gasteiger partial charge in [0.15, 0.2) is 0 Å². The molecule has 0 aromatic rings. The third-order valence-corrected chi connectivity index (χ3v) is 8.69. The number of hydrogen-bond acceptors (Lipinski definition) is 7. The Hall–Kier alpha value is -3.71. The normalized spacial score (nSPS) is 9.40. The van der Waals surface area contributed by atoms with Gasteiger partial charge in [0.2, 0.25) is 0 Å². The maximum Gasteiger partial charge on any atom is 0.303 e. The summed E-state index contributed by atoms with van der Waals surface area (Å²) in [6.45, 7) is 13.1. The zero-order valence-electron chi connectivity index (χ0n) is 40.5. The maximum atomic E-state index is 10.2. The fourth-order valence-corrected chi connectivity index (χ4v) is 4.76. The van der Waals surface area contributed by atoms with Gasteiger partial charge in [-0.05, 0) is 19.3 Å². The van der Waals surface area contributed by atoms with Gasteiger partial charge in [-0.15, -0.1) is 0 Å². The molecule has 0 aliphatic carbocycles. The van der Waals surface area contributed by atoms with Gasteiger partial charge in [0.1, 0.15) is 0 Å². The Morgan fingerprint density at radius 2 is 0.323 bits per heavy atom. The molecule has 7 N–H and O–H groups in total. The third kappa shape index (κ3) is 124. The number of hydrogen-bond donors (Lipinski definition) is 7. The fourth-order valence-electron chi connectivity index (χ4n) is 4.76. The average molecular weight is 897 g/mol. The van der Waals surface area contributed by atoms with Crippen LogP contribution in [0.1, 0.15) is 267 Å². The molecule has 0 aliphatic rings. The highest BCUT2D eigenvalue weighted by molar-refractivity contribution is 5.68. The Morgan fingerprint density at radius 1 is 0.210 bits per heavy atom. The molecule has 0 aromatic carbocycles. The number of carboxylic acid groups (broad SMARTS) is 7. The zero-order chi connectivity index (χ0) is 49.1. The lowest BCUT2D eigenvalue weighted by atomic mass is 10.1. The lowest BCUT2D eigenvalue weighted by Crippen LogP contribution is -1.93. The molecule has 0 spiro atoms. The molecule has 0 atom stereocenters. The lowest BCUT2D eigenvalue weighted by molar-refractivity contribution is -0.138. The van der Waals surface area contributed by atoms with E-state index in [0.717, 1.165) is 38.5 Å². The first-order valence-corrected chi connectivity index (χ1v) is 23.9. The van der Waals surface area contributed by atoms with Gasteiger partial charge in [-0.25, -0.2) is 0 Å². The van der Waals surface area contributed by atoms with Crippen molar-refractivity contribution in [3.63, 3.8) is 0 Å². The molecule has 0 aliphatic heterocycles. The highest BCUT2D eigenvalue weighted by atomic mass is 16.4. The summed E-state index contributed by atoms with van der Waals surface area (Å²) in [5.41, 5.74) is 0. The van der Waals surface area contributed by atoms with Crippen LogP contribution >= 0.6 is 0 Å². The zero-order valence-corrected chi connectivity index (χ0v) is 40.5. The number of rotatable bonds is 34. The number of aliphatic carboxylic acids is 7. The van der Waals surface area contributed by atoms with E-state index in [4.69, 9.17) is 35.7 Å². The topological polar surface area (TPSA) is 261 Å². The van der Waals surface area contributed by atoms with E-state index in [2.05, 4.69) is 20.8 Å². The largest absolute Gasteiger partial charge is 0.481 e. The SMILES string of the molecule is CCC(=O)O.CCC(=O)O.CCC(=O)O.CCC(=O)O.CCCCCCCCCCCC(=O)O.CCCCCCCCCCCC(=O)O.CCCCCCCCCCCC(=O)O. The molecule has 0 rings (SSSR count). The first-order chi connectivity index (χ1) is 29.4. The van der Waals surface area contributed by atoms with Gasteiger partial charge in [0, 0.05) is 44.9 Å². The molecule has 0 radical (unpaired) electrons. The minimum Gasteiger partial charge on any atom is -0.481 e. The molecule has 14 heteroatoms. The van der Waals surface area contributed by atoms with Gasteiger partial charge in [-0.3, -0.25) is 33.6 Å². The maximum absolute atomic E-state index is 10.2. The van der Waals surface area contributed by atoms with Crippen molar-refractivity contribution in [1.29, 1.82) is 0 Å². The summed E-state index contributed by atoms with van der Waals surface area (Å²) < 4.78 is 0. The second kappa shape index (κ2) is 69.0. The molecule has 0 fully saturated rings.